The van der Waals surface area contributed by atoms with Gasteiger partial charge in [0.25, 0.3) is 5.91 Å². The first-order chi connectivity index (χ1) is 11.8. The van der Waals surface area contributed by atoms with E-state index in [4.69, 9.17) is 0 Å². The topological polar surface area (TPSA) is 32.3 Å². The van der Waals surface area contributed by atoms with Crippen molar-refractivity contribution in [1.29, 1.82) is 0 Å². The van der Waals surface area contributed by atoms with Crippen LogP contribution in [0.4, 0.5) is 5.69 Å². The van der Waals surface area contributed by atoms with Crippen molar-refractivity contribution in [3.8, 4) is 0 Å². The summed E-state index contributed by atoms with van der Waals surface area (Å²) in [6.45, 7) is 1.69. The van der Waals surface area contributed by atoms with Gasteiger partial charge in [0, 0.05) is 35.1 Å². The Morgan fingerprint density at radius 3 is 2.83 bits per heavy atom. The highest BCUT2D eigenvalue weighted by molar-refractivity contribution is 7.10. The van der Waals surface area contributed by atoms with Crippen LogP contribution in [0.3, 0.4) is 0 Å². The number of nitrogens with one attached hydrogen (secondary N) is 1. The molecule has 1 atom stereocenters. The Morgan fingerprint density at radius 1 is 1.12 bits per heavy atom. The van der Waals surface area contributed by atoms with Crippen LogP contribution in [0.2, 0.25) is 0 Å². The van der Waals surface area contributed by atoms with Gasteiger partial charge in [0.05, 0.1) is 5.56 Å². The largest absolute Gasteiger partial charge is 0.381 e. The fourth-order valence-corrected chi connectivity index (χ4v) is 5.01. The monoisotopic (exact) mass is 340 g/mol. The van der Waals surface area contributed by atoms with Gasteiger partial charge in [0.15, 0.2) is 0 Å². The molecule has 0 radical (unpaired) electrons. The minimum absolute atomic E-state index is 0.244. The summed E-state index contributed by atoms with van der Waals surface area (Å²) in [6, 6.07) is 10.7. The number of piperidine rings is 1. The van der Waals surface area contributed by atoms with Gasteiger partial charge < -0.3 is 10.2 Å². The fraction of sp³-hybridized carbons (Fsp3) is 0.450. The molecule has 0 bridgehead atoms. The number of fused-ring (bicyclic) bond motifs is 1. The second-order valence-corrected chi connectivity index (χ2v) is 7.82. The minimum Gasteiger partial charge on any atom is -0.381 e. The summed E-state index contributed by atoms with van der Waals surface area (Å²) >= 11 is 1.78. The van der Waals surface area contributed by atoms with E-state index in [0.717, 1.165) is 50.0 Å². The average Bonchev–Trinajstić information content (AvgIpc) is 3.06. The summed E-state index contributed by atoms with van der Waals surface area (Å²) in [5.74, 6) is 0.244. The molecule has 1 aliphatic carbocycles. The van der Waals surface area contributed by atoms with E-state index in [9.17, 15) is 4.79 Å². The maximum absolute atomic E-state index is 13.0. The predicted octanol–water partition coefficient (Wildman–Crippen LogP) is 4.34. The second kappa shape index (κ2) is 6.98. The Bertz CT molecular complexity index is 710. The van der Waals surface area contributed by atoms with Crippen LogP contribution in [0, 0.1) is 0 Å². The van der Waals surface area contributed by atoms with Gasteiger partial charge in [-0.25, -0.2) is 0 Å². The number of para-hydroxylation sites is 1. The van der Waals surface area contributed by atoms with Crippen molar-refractivity contribution in [3.05, 3.63) is 51.7 Å². The third-order valence-corrected chi connectivity index (χ3v) is 6.23. The van der Waals surface area contributed by atoms with Gasteiger partial charge in [0.2, 0.25) is 0 Å². The smallest absolute Gasteiger partial charge is 0.255 e. The SMILES string of the molecule is O=C(c1csc2c1CCCC2)N1CCC[C@@H](Nc2ccccc2)C1. The standard InChI is InChI=1S/C20H24N2OS/c23-20(18-14-24-19-11-5-4-10-17(18)19)22-12-6-9-16(13-22)21-15-7-2-1-3-8-15/h1-3,7-8,14,16,21H,4-6,9-13H2/t16-/m1/s1. The maximum Gasteiger partial charge on any atom is 0.255 e. The molecule has 1 N–H and O–H groups in total. The van der Waals surface area contributed by atoms with Crippen molar-refractivity contribution in [2.45, 2.75) is 44.6 Å². The molecule has 1 aromatic carbocycles. The Labute approximate surface area is 147 Å². The van der Waals surface area contributed by atoms with Gasteiger partial charge in [-0.2, -0.15) is 0 Å². The van der Waals surface area contributed by atoms with E-state index < -0.39 is 0 Å². The van der Waals surface area contributed by atoms with Crippen LogP contribution < -0.4 is 5.32 Å². The number of carbonyl (C=O) groups is 1. The lowest BCUT2D eigenvalue weighted by Gasteiger charge is -2.34. The molecule has 1 fully saturated rings. The molecule has 3 nitrogen and oxygen atoms in total. The van der Waals surface area contributed by atoms with E-state index in [1.165, 1.54) is 23.3 Å². The van der Waals surface area contributed by atoms with Crippen LogP contribution in [0.5, 0.6) is 0 Å². The number of benzene rings is 1. The van der Waals surface area contributed by atoms with Gasteiger partial charge >= 0.3 is 0 Å². The number of carbonyl (C=O) groups excluding carboxylic acids is 1. The van der Waals surface area contributed by atoms with E-state index in [0.29, 0.717) is 6.04 Å². The molecular formula is C20H24N2OS. The zero-order valence-electron chi connectivity index (χ0n) is 14.0. The zero-order chi connectivity index (χ0) is 16.4. The minimum atomic E-state index is 0.244. The summed E-state index contributed by atoms with van der Waals surface area (Å²) in [6.07, 6.45) is 6.93. The number of anilines is 1. The number of likely N-dealkylation sites (tertiary alicyclic amines) is 1. The molecule has 1 aromatic heterocycles. The number of rotatable bonds is 3. The first kappa shape index (κ1) is 15.7. The number of hydrogen-bond acceptors (Lipinski definition) is 3. The molecule has 2 aromatic rings. The number of aryl methyl sites for hydroxylation is 1. The van der Waals surface area contributed by atoms with Crippen LogP contribution >= 0.6 is 11.3 Å². The first-order valence-electron chi connectivity index (χ1n) is 9.01. The quantitative estimate of drug-likeness (QED) is 0.901. The van der Waals surface area contributed by atoms with Gasteiger partial charge in [-0.05, 0) is 56.2 Å². The highest BCUT2D eigenvalue weighted by Crippen LogP contribution is 2.31. The molecule has 4 rings (SSSR count). The molecule has 1 aliphatic heterocycles. The Morgan fingerprint density at radius 2 is 1.96 bits per heavy atom. The molecule has 1 amide bonds. The second-order valence-electron chi connectivity index (χ2n) is 6.86. The number of thiophene rings is 1. The van der Waals surface area contributed by atoms with E-state index in [1.807, 2.05) is 18.2 Å². The molecule has 2 heterocycles. The fourth-order valence-electron chi connectivity index (χ4n) is 3.89. The molecular weight excluding hydrogens is 316 g/mol. The summed E-state index contributed by atoms with van der Waals surface area (Å²) in [5.41, 5.74) is 3.47. The Kier molecular flexibility index (Phi) is 4.56. The summed E-state index contributed by atoms with van der Waals surface area (Å²) in [4.78, 5) is 16.5. The predicted molar refractivity (Wildman–Crippen MR) is 100.0 cm³/mol. The molecule has 0 unspecified atom stereocenters. The van der Waals surface area contributed by atoms with E-state index in [1.54, 1.807) is 11.3 Å². The van der Waals surface area contributed by atoms with Crippen molar-refractivity contribution >= 4 is 22.9 Å². The molecule has 0 spiro atoms. The van der Waals surface area contributed by atoms with Crippen LogP contribution in [0.1, 0.15) is 46.5 Å². The Balaban J connectivity index is 1.46. The van der Waals surface area contributed by atoms with Crippen molar-refractivity contribution in [1.82, 2.24) is 4.90 Å². The average molecular weight is 340 g/mol. The van der Waals surface area contributed by atoms with Crippen molar-refractivity contribution in [3.63, 3.8) is 0 Å². The molecule has 126 valence electrons. The van der Waals surface area contributed by atoms with Crippen LogP contribution in [0.25, 0.3) is 0 Å². The van der Waals surface area contributed by atoms with Gasteiger partial charge in [-0.3, -0.25) is 4.79 Å². The van der Waals surface area contributed by atoms with E-state index >= 15 is 0 Å². The first-order valence-corrected chi connectivity index (χ1v) is 9.89. The van der Waals surface area contributed by atoms with Gasteiger partial charge in [0.1, 0.15) is 0 Å². The number of nitrogens with zero attached hydrogens (tertiary/aromatic N) is 1. The summed E-state index contributed by atoms with van der Waals surface area (Å²) < 4.78 is 0. The highest BCUT2D eigenvalue weighted by atomic mass is 32.1. The van der Waals surface area contributed by atoms with Crippen LogP contribution in [-0.2, 0) is 12.8 Å². The van der Waals surface area contributed by atoms with Gasteiger partial charge in [-0.15, -0.1) is 11.3 Å². The van der Waals surface area contributed by atoms with Crippen molar-refractivity contribution in [2.24, 2.45) is 0 Å². The molecule has 4 heteroatoms. The lowest BCUT2D eigenvalue weighted by molar-refractivity contribution is 0.0714. The highest BCUT2D eigenvalue weighted by Gasteiger charge is 2.28. The van der Waals surface area contributed by atoms with Crippen molar-refractivity contribution < 1.29 is 4.79 Å². The maximum atomic E-state index is 13.0. The van der Waals surface area contributed by atoms with Crippen LogP contribution in [-0.4, -0.2) is 29.9 Å². The van der Waals surface area contributed by atoms with Gasteiger partial charge in [-0.1, -0.05) is 18.2 Å². The van der Waals surface area contributed by atoms with E-state index in [-0.39, 0.29) is 5.91 Å². The molecule has 1 saturated heterocycles. The van der Waals surface area contributed by atoms with Crippen LogP contribution in [0.15, 0.2) is 35.7 Å². The number of amides is 1. The molecule has 2 aliphatic rings. The lowest BCUT2D eigenvalue weighted by Crippen LogP contribution is -2.45. The van der Waals surface area contributed by atoms with E-state index in [2.05, 4.69) is 27.7 Å². The Hall–Kier alpha value is -1.81. The normalized spacial score (nSPS) is 20.5. The number of hydrogen-bond donors (Lipinski definition) is 1. The summed E-state index contributed by atoms with van der Waals surface area (Å²) in [7, 11) is 0. The molecule has 24 heavy (non-hydrogen) atoms. The van der Waals surface area contributed by atoms with Crippen molar-refractivity contribution in [2.75, 3.05) is 18.4 Å². The lowest BCUT2D eigenvalue weighted by atomic mass is 9.95. The zero-order valence-corrected chi connectivity index (χ0v) is 14.8. The third kappa shape index (κ3) is 3.20. The summed E-state index contributed by atoms with van der Waals surface area (Å²) in [5, 5.41) is 5.69. The molecule has 0 saturated carbocycles. The third-order valence-electron chi connectivity index (χ3n) is 5.14.